The largest absolute Gasteiger partial charge is 0.497 e. The van der Waals surface area contributed by atoms with Crippen LogP contribution in [-0.4, -0.2) is 59.1 Å². The lowest BCUT2D eigenvalue weighted by atomic mass is 10.2. The standard InChI is InChI=1S/C25H26FN3O4S/c1-33-23-11-13-24(14-12-23)34(31,32)29(22-5-3-2-4-6-22)19-25(30)28-17-15-27(16-18-28)21-9-7-20(26)8-10-21/h2-14H,15-19H2,1H3. The molecule has 1 fully saturated rings. The van der Waals surface area contributed by atoms with E-state index in [4.69, 9.17) is 4.74 Å². The van der Waals surface area contributed by atoms with Crippen molar-refractivity contribution in [2.45, 2.75) is 4.90 Å². The summed E-state index contributed by atoms with van der Waals surface area (Å²) < 4.78 is 46.5. The van der Waals surface area contributed by atoms with Crippen LogP contribution in [0.3, 0.4) is 0 Å². The molecule has 0 unspecified atom stereocenters. The number of methoxy groups -OCH3 is 1. The minimum Gasteiger partial charge on any atom is -0.497 e. The molecular weight excluding hydrogens is 457 g/mol. The van der Waals surface area contributed by atoms with Crippen molar-refractivity contribution >= 4 is 27.3 Å². The SMILES string of the molecule is COc1ccc(S(=O)(=O)N(CC(=O)N2CCN(c3ccc(F)cc3)CC2)c2ccccc2)cc1. The topological polar surface area (TPSA) is 70.2 Å². The fourth-order valence-corrected chi connectivity index (χ4v) is 5.29. The molecule has 4 rings (SSSR count). The molecule has 178 valence electrons. The molecule has 0 spiro atoms. The van der Waals surface area contributed by atoms with E-state index in [1.54, 1.807) is 59.5 Å². The van der Waals surface area contributed by atoms with Gasteiger partial charge in [0.2, 0.25) is 5.91 Å². The molecule has 0 saturated carbocycles. The number of amides is 1. The number of halogens is 1. The summed E-state index contributed by atoms with van der Waals surface area (Å²) in [5.41, 5.74) is 1.30. The molecule has 0 aromatic heterocycles. The van der Waals surface area contributed by atoms with Crippen LogP contribution in [0.5, 0.6) is 5.75 Å². The van der Waals surface area contributed by atoms with Gasteiger partial charge in [0, 0.05) is 31.9 Å². The molecule has 0 radical (unpaired) electrons. The third kappa shape index (κ3) is 5.14. The van der Waals surface area contributed by atoms with Crippen molar-refractivity contribution in [1.82, 2.24) is 4.90 Å². The van der Waals surface area contributed by atoms with E-state index in [2.05, 4.69) is 4.90 Å². The van der Waals surface area contributed by atoms with Crippen LogP contribution >= 0.6 is 0 Å². The maximum Gasteiger partial charge on any atom is 0.264 e. The van der Waals surface area contributed by atoms with Gasteiger partial charge in [0.25, 0.3) is 10.0 Å². The Labute approximate surface area is 199 Å². The van der Waals surface area contributed by atoms with Gasteiger partial charge in [0.15, 0.2) is 0 Å². The van der Waals surface area contributed by atoms with Gasteiger partial charge < -0.3 is 14.5 Å². The van der Waals surface area contributed by atoms with Crippen molar-refractivity contribution in [3.8, 4) is 5.75 Å². The van der Waals surface area contributed by atoms with E-state index in [0.717, 1.165) is 9.99 Å². The van der Waals surface area contributed by atoms with Crippen LogP contribution in [-0.2, 0) is 14.8 Å². The Morgan fingerprint density at radius 2 is 1.53 bits per heavy atom. The number of hydrogen-bond acceptors (Lipinski definition) is 5. The van der Waals surface area contributed by atoms with Gasteiger partial charge in [0.05, 0.1) is 17.7 Å². The molecule has 1 heterocycles. The maximum atomic E-state index is 13.5. The highest BCUT2D eigenvalue weighted by atomic mass is 32.2. The first kappa shape index (κ1) is 23.6. The molecule has 7 nitrogen and oxygen atoms in total. The Morgan fingerprint density at radius 1 is 0.912 bits per heavy atom. The predicted molar refractivity (Wildman–Crippen MR) is 129 cm³/mol. The van der Waals surface area contributed by atoms with Gasteiger partial charge in [-0.15, -0.1) is 0 Å². The molecule has 1 saturated heterocycles. The second kappa shape index (κ2) is 10.1. The second-order valence-corrected chi connectivity index (χ2v) is 9.73. The predicted octanol–water partition coefficient (Wildman–Crippen LogP) is 3.38. The number of hydrogen-bond donors (Lipinski definition) is 0. The molecule has 1 amide bonds. The molecule has 1 aliphatic rings. The van der Waals surface area contributed by atoms with Crippen LogP contribution in [0.4, 0.5) is 15.8 Å². The first-order valence-electron chi connectivity index (χ1n) is 10.9. The lowest BCUT2D eigenvalue weighted by Gasteiger charge is -2.37. The van der Waals surface area contributed by atoms with Crippen molar-refractivity contribution in [3.05, 3.63) is 84.7 Å². The smallest absolute Gasteiger partial charge is 0.264 e. The minimum atomic E-state index is -3.99. The highest BCUT2D eigenvalue weighted by Gasteiger charge is 2.30. The van der Waals surface area contributed by atoms with Gasteiger partial charge in [0.1, 0.15) is 18.1 Å². The highest BCUT2D eigenvalue weighted by Crippen LogP contribution is 2.25. The zero-order valence-corrected chi connectivity index (χ0v) is 19.6. The van der Waals surface area contributed by atoms with Crippen molar-refractivity contribution in [2.75, 3.05) is 49.0 Å². The van der Waals surface area contributed by atoms with Gasteiger partial charge in [-0.3, -0.25) is 9.10 Å². The van der Waals surface area contributed by atoms with Gasteiger partial charge in [-0.1, -0.05) is 18.2 Å². The number of carbonyl (C=O) groups excluding carboxylic acids is 1. The third-order valence-electron chi connectivity index (χ3n) is 5.79. The lowest BCUT2D eigenvalue weighted by Crippen LogP contribution is -2.52. The molecule has 9 heteroatoms. The molecule has 1 aliphatic heterocycles. The van der Waals surface area contributed by atoms with Crippen LogP contribution in [0.25, 0.3) is 0 Å². The molecule has 34 heavy (non-hydrogen) atoms. The van der Waals surface area contributed by atoms with Crippen LogP contribution < -0.4 is 13.9 Å². The summed E-state index contributed by atoms with van der Waals surface area (Å²) in [6.45, 7) is 1.74. The highest BCUT2D eigenvalue weighted by molar-refractivity contribution is 7.92. The average Bonchev–Trinajstić information content (AvgIpc) is 2.88. The Morgan fingerprint density at radius 3 is 2.12 bits per heavy atom. The van der Waals surface area contributed by atoms with Crippen LogP contribution in [0.1, 0.15) is 0 Å². The summed E-state index contributed by atoms with van der Waals surface area (Å²) >= 11 is 0. The normalized spacial score (nSPS) is 14.1. The molecule has 0 N–H and O–H groups in total. The summed E-state index contributed by atoms with van der Waals surface area (Å²) in [6, 6.07) is 20.9. The fraction of sp³-hybridized carbons (Fsp3) is 0.240. The Kier molecular flexibility index (Phi) is 7.02. The summed E-state index contributed by atoms with van der Waals surface area (Å²) in [5, 5.41) is 0. The fourth-order valence-electron chi connectivity index (χ4n) is 3.87. The quantitative estimate of drug-likeness (QED) is 0.515. The van der Waals surface area contributed by atoms with Crippen LogP contribution in [0.2, 0.25) is 0 Å². The number of carbonyl (C=O) groups is 1. The van der Waals surface area contributed by atoms with Crippen molar-refractivity contribution < 1.29 is 22.3 Å². The van der Waals surface area contributed by atoms with E-state index in [9.17, 15) is 17.6 Å². The molecule has 0 bridgehead atoms. The first-order chi connectivity index (χ1) is 16.4. The number of para-hydroxylation sites is 1. The third-order valence-corrected chi connectivity index (χ3v) is 7.58. The summed E-state index contributed by atoms with van der Waals surface area (Å²) in [5.74, 6) is -0.0309. The lowest BCUT2D eigenvalue weighted by molar-refractivity contribution is -0.129. The minimum absolute atomic E-state index is 0.0751. The molecule has 3 aromatic carbocycles. The van der Waals surface area contributed by atoms with Gasteiger partial charge >= 0.3 is 0 Å². The number of piperazine rings is 1. The molecule has 0 atom stereocenters. The Bertz CT molecular complexity index is 1210. The summed E-state index contributed by atoms with van der Waals surface area (Å²) in [7, 11) is -2.48. The van der Waals surface area contributed by atoms with Gasteiger partial charge in [-0.05, 0) is 60.7 Å². The Hall–Kier alpha value is -3.59. The zero-order valence-electron chi connectivity index (χ0n) is 18.8. The number of rotatable bonds is 7. The number of benzene rings is 3. The summed E-state index contributed by atoms with van der Waals surface area (Å²) in [6.07, 6.45) is 0. The zero-order chi connectivity index (χ0) is 24.1. The van der Waals surface area contributed by atoms with E-state index >= 15 is 0 Å². The van der Waals surface area contributed by atoms with Gasteiger partial charge in [-0.25, -0.2) is 12.8 Å². The maximum absolute atomic E-state index is 13.5. The molecule has 3 aromatic rings. The van der Waals surface area contributed by atoms with Crippen molar-refractivity contribution in [1.29, 1.82) is 0 Å². The molecule has 0 aliphatic carbocycles. The van der Waals surface area contributed by atoms with Crippen LogP contribution in [0.15, 0.2) is 83.8 Å². The van der Waals surface area contributed by atoms with E-state index in [1.807, 2.05) is 0 Å². The average molecular weight is 484 g/mol. The number of sulfonamides is 1. The van der Waals surface area contributed by atoms with E-state index in [1.165, 1.54) is 31.4 Å². The first-order valence-corrected chi connectivity index (χ1v) is 12.3. The summed E-state index contributed by atoms with van der Waals surface area (Å²) in [4.78, 5) is 17.0. The van der Waals surface area contributed by atoms with Crippen molar-refractivity contribution in [3.63, 3.8) is 0 Å². The number of ether oxygens (including phenoxy) is 1. The van der Waals surface area contributed by atoms with E-state index in [-0.39, 0.29) is 23.2 Å². The monoisotopic (exact) mass is 483 g/mol. The van der Waals surface area contributed by atoms with E-state index in [0.29, 0.717) is 37.6 Å². The van der Waals surface area contributed by atoms with Crippen molar-refractivity contribution in [2.24, 2.45) is 0 Å². The number of nitrogens with zero attached hydrogens (tertiary/aromatic N) is 3. The molecular formula is C25H26FN3O4S. The van der Waals surface area contributed by atoms with Crippen LogP contribution in [0, 0.1) is 5.82 Å². The van der Waals surface area contributed by atoms with Gasteiger partial charge in [-0.2, -0.15) is 0 Å². The number of anilines is 2. The Balaban J connectivity index is 1.50. The van der Waals surface area contributed by atoms with E-state index < -0.39 is 10.0 Å². The second-order valence-electron chi connectivity index (χ2n) is 7.87.